The van der Waals surface area contributed by atoms with Gasteiger partial charge in [-0.15, -0.1) is 0 Å². The monoisotopic (exact) mass is 282 g/mol. The molecular formula is C17H34N2O. The Morgan fingerprint density at radius 2 is 1.90 bits per heavy atom. The van der Waals surface area contributed by atoms with Crippen LogP contribution in [0.5, 0.6) is 0 Å². The molecule has 0 spiro atoms. The van der Waals surface area contributed by atoms with E-state index < -0.39 is 0 Å². The van der Waals surface area contributed by atoms with E-state index in [0.717, 1.165) is 32.4 Å². The molecule has 0 unspecified atom stereocenters. The van der Waals surface area contributed by atoms with Crippen LogP contribution in [0.1, 0.15) is 65.7 Å². The van der Waals surface area contributed by atoms with Crippen molar-refractivity contribution in [2.75, 3.05) is 13.1 Å². The maximum atomic E-state index is 12.4. The standard InChI is InChI=1S/C17H34N2O/c1-13(2)15-9-8-14(3)12-16(15)17(20)19-11-7-5-4-6-10-18/h13-16H,4-12,18H2,1-3H3,(H,19,20)/t14-,15+,16-/m1/s1. The molecule has 3 nitrogen and oxygen atoms in total. The van der Waals surface area contributed by atoms with Gasteiger partial charge in [0.1, 0.15) is 0 Å². The third-order valence-electron chi connectivity index (χ3n) is 4.79. The van der Waals surface area contributed by atoms with Crippen LogP contribution in [0.3, 0.4) is 0 Å². The average Bonchev–Trinajstić information content (AvgIpc) is 2.42. The van der Waals surface area contributed by atoms with E-state index in [4.69, 9.17) is 5.73 Å². The highest BCUT2D eigenvalue weighted by Crippen LogP contribution is 2.38. The number of carbonyl (C=O) groups excluding carboxylic acids is 1. The van der Waals surface area contributed by atoms with Gasteiger partial charge >= 0.3 is 0 Å². The van der Waals surface area contributed by atoms with Crippen LogP contribution in [0.15, 0.2) is 0 Å². The first-order chi connectivity index (χ1) is 9.56. The van der Waals surface area contributed by atoms with Crippen molar-refractivity contribution in [1.82, 2.24) is 5.32 Å². The van der Waals surface area contributed by atoms with Crippen LogP contribution in [-0.2, 0) is 4.79 Å². The molecule has 1 aliphatic carbocycles. The molecule has 0 saturated heterocycles. The Bertz CT molecular complexity index is 278. The molecule has 1 rings (SSSR count). The Morgan fingerprint density at radius 3 is 2.55 bits per heavy atom. The lowest BCUT2D eigenvalue weighted by molar-refractivity contribution is -0.129. The van der Waals surface area contributed by atoms with Crippen molar-refractivity contribution in [2.24, 2.45) is 29.4 Å². The minimum absolute atomic E-state index is 0.239. The largest absolute Gasteiger partial charge is 0.356 e. The first kappa shape index (κ1) is 17.5. The van der Waals surface area contributed by atoms with Crippen molar-refractivity contribution in [3.05, 3.63) is 0 Å². The molecule has 3 atom stereocenters. The van der Waals surface area contributed by atoms with E-state index in [9.17, 15) is 4.79 Å². The molecule has 0 aromatic heterocycles. The zero-order chi connectivity index (χ0) is 15.0. The van der Waals surface area contributed by atoms with Gasteiger partial charge in [0.05, 0.1) is 0 Å². The summed E-state index contributed by atoms with van der Waals surface area (Å²) in [5.41, 5.74) is 5.48. The van der Waals surface area contributed by atoms with Crippen LogP contribution in [0.2, 0.25) is 0 Å². The summed E-state index contributed by atoms with van der Waals surface area (Å²) < 4.78 is 0. The smallest absolute Gasteiger partial charge is 0.223 e. The fourth-order valence-electron chi connectivity index (χ4n) is 3.47. The maximum absolute atomic E-state index is 12.4. The quantitative estimate of drug-likeness (QED) is 0.671. The normalized spacial score (nSPS) is 26.8. The van der Waals surface area contributed by atoms with Crippen molar-refractivity contribution in [1.29, 1.82) is 0 Å². The Morgan fingerprint density at radius 1 is 1.20 bits per heavy atom. The molecule has 0 aromatic carbocycles. The van der Waals surface area contributed by atoms with Crippen LogP contribution >= 0.6 is 0 Å². The molecule has 0 bridgehead atoms. The van der Waals surface area contributed by atoms with Crippen LogP contribution in [-0.4, -0.2) is 19.0 Å². The Hall–Kier alpha value is -0.570. The van der Waals surface area contributed by atoms with Gasteiger partial charge < -0.3 is 11.1 Å². The molecule has 1 saturated carbocycles. The number of hydrogen-bond donors (Lipinski definition) is 2. The van der Waals surface area contributed by atoms with Crippen LogP contribution in [0, 0.1) is 23.7 Å². The molecule has 20 heavy (non-hydrogen) atoms. The number of nitrogens with one attached hydrogen (secondary N) is 1. The first-order valence-corrected chi connectivity index (χ1v) is 8.54. The van der Waals surface area contributed by atoms with Gasteiger partial charge in [-0.2, -0.15) is 0 Å². The topological polar surface area (TPSA) is 55.1 Å². The average molecular weight is 282 g/mol. The van der Waals surface area contributed by atoms with Crippen molar-refractivity contribution in [2.45, 2.75) is 65.7 Å². The summed E-state index contributed by atoms with van der Waals surface area (Å²) in [5, 5.41) is 3.16. The third-order valence-corrected chi connectivity index (χ3v) is 4.79. The van der Waals surface area contributed by atoms with Gasteiger partial charge in [-0.05, 0) is 50.0 Å². The van der Waals surface area contributed by atoms with E-state index in [0.29, 0.717) is 23.7 Å². The predicted octanol–water partition coefficient (Wildman–Crippen LogP) is 3.33. The SMILES string of the molecule is CC(C)[C@@H]1CC[C@@H](C)C[C@H]1C(=O)NCCCCCCN. The number of nitrogens with two attached hydrogens (primary N) is 1. The lowest BCUT2D eigenvalue weighted by atomic mass is 9.70. The zero-order valence-electron chi connectivity index (χ0n) is 13.7. The van der Waals surface area contributed by atoms with Crippen LogP contribution < -0.4 is 11.1 Å². The van der Waals surface area contributed by atoms with E-state index in [1.165, 1.54) is 25.7 Å². The highest BCUT2D eigenvalue weighted by atomic mass is 16.1. The summed E-state index contributed by atoms with van der Waals surface area (Å²) in [6, 6.07) is 0. The van der Waals surface area contributed by atoms with E-state index >= 15 is 0 Å². The van der Waals surface area contributed by atoms with Crippen LogP contribution in [0.4, 0.5) is 0 Å². The fraction of sp³-hybridized carbons (Fsp3) is 0.941. The molecule has 1 amide bonds. The highest BCUT2D eigenvalue weighted by Gasteiger charge is 2.34. The maximum Gasteiger partial charge on any atom is 0.223 e. The van der Waals surface area contributed by atoms with Gasteiger partial charge in [-0.3, -0.25) is 4.79 Å². The summed E-state index contributed by atoms with van der Waals surface area (Å²) in [7, 11) is 0. The Kier molecular flexibility index (Phi) is 8.20. The number of rotatable bonds is 8. The minimum Gasteiger partial charge on any atom is -0.356 e. The van der Waals surface area contributed by atoms with Gasteiger partial charge in [-0.25, -0.2) is 0 Å². The molecule has 1 aliphatic rings. The highest BCUT2D eigenvalue weighted by molar-refractivity contribution is 5.79. The Labute approximate surface area is 125 Å². The van der Waals surface area contributed by atoms with E-state index in [1.54, 1.807) is 0 Å². The fourth-order valence-corrected chi connectivity index (χ4v) is 3.47. The lowest BCUT2D eigenvalue weighted by Gasteiger charge is -2.36. The number of amides is 1. The van der Waals surface area contributed by atoms with E-state index in [1.807, 2.05) is 0 Å². The van der Waals surface area contributed by atoms with Gasteiger partial charge in [0.15, 0.2) is 0 Å². The molecule has 1 fully saturated rings. The number of carbonyl (C=O) groups is 1. The molecule has 0 aromatic rings. The lowest BCUT2D eigenvalue weighted by Crippen LogP contribution is -2.40. The molecule has 3 N–H and O–H groups in total. The van der Waals surface area contributed by atoms with Gasteiger partial charge in [-0.1, -0.05) is 40.0 Å². The third kappa shape index (κ3) is 5.82. The summed E-state index contributed by atoms with van der Waals surface area (Å²) in [4.78, 5) is 12.4. The van der Waals surface area contributed by atoms with Gasteiger partial charge in [0, 0.05) is 12.5 Å². The summed E-state index contributed by atoms with van der Waals surface area (Å²) >= 11 is 0. The zero-order valence-corrected chi connectivity index (χ0v) is 13.7. The summed E-state index contributed by atoms with van der Waals surface area (Å²) in [6.07, 6.45) is 8.11. The van der Waals surface area contributed by atoms with Gasteiger partial charge in [0.25, 0.3) is 0 Å². The number of hydrogen-bond acceptors (Lipinski definition) is 2. The molecular weight excluding hydrogens is 248 g/mol. The molecule has 0 radical (unpaired) electrons. The summed E-state index contributed by atoms with van der Waals surface area (Å²) in [6.45, 7) is 8.41. The minimum atomic E-state index is 0.239. The van der Waals surface area contributed by atoms with Gasteiger partial charge in [0.2, 0.25) is 5.91 Å². The second-order valence-electron chi connectivity index (χ2n) is 6.93. The molecule has 118 valence electrons. The summed E-state index contributed by atoms with van der Waals surface area (Å²) in [5.74, 6) is 2.42. The van der Waals surface area contributed by atoms with Crippen molar-refractivity contribution >= 4 is 5.91 Å². The van der Waals surface area contributed by atoms with Crippen LogP contribution in [0.25, 0.3) is 0 Å². The second kappa shape index (κ2) is 9.38. The van der Waals surface area contributed by atoms with Crippen molar-refractivity contribution < 1.29 is 4.79 Å². The number of unbranched alkanes of at least 4 members (excludes halogenated alkanes) is 3. The second-order valence-corrected chi connectivity index (χ2v) is 6.93. The first-order valence-electron chi connectivity index (χ1n) is 8.54. The molecule has 3 heteroatoms. The predicted molar refractivity (Wildman–Crippen MR) is 85.4 cm³/mol. The van der Waals surface area contributed by atoms with E-state index in [2.05, 4.69) is 26.1 Å². The molecule has 0 aliphatic heterocycles. The van der Waals surface area contributed by atoms with Crippen molar-refractivity contribution in [3.63, 3.8) is 0 Å². The molecule has 0 heterocycles. The van der Waals surface area contributed by atoms with E-state index in [-0.39, 0.29) is 5.92 Å². The Balaban J connectivity index is 2.31. The van der Waals surface area contributed by atoms with Crippen molar-refractivity contribution in [3.8, 4) is 0 Å².